The van der Waals surface area contributed by atoms with Gasteiger partial charge in [0.15, 0.2) is 9.84 Å². The lowest BCUT2D eigenvalue weighted by atomic mass is 10.1. The molecule has 0 aliphatic carbocycles. The van der Waals surface area contributed by atoms with E-state index in [-0.39, 0.29) is 28.2 Å². The number of rotatable bonds is 3. The first-order chi connectivity index (χ1) is 9.45. The molecule has 1 aliphatic rings. The molecule has 0 bridgehead atoms. The molecular weight excluding hydrogens is 278 g/mol. The quantitative estimate of drug-likeness (QED) is 0.906. The molecule has 6 heteroatoms. The highest BCUT2D eigenvalue weighted by molar-refractivity contribution is 7.91. The number of aliphatic hydroxyl groups excluding tert-OH is 1. The van der Waals surface area contributed by atoms with E-state index in [1.165, 1.54) is 6.07 Å². The molecule has 0 saturated carbocycles. The van der Waals surface area contributed by atoms with Gasteiger partial charge in [-0.3, -0.25) is 4.79 Å². The number of likely N-dealkylation sites (tertiary alicyclic amines) is 1. The molecule has 5 nitrogen and oxygen atoms in total. The van der Waals surface area contributed by atoms with E-state index in [0.717, 1.165) is 0 Å². The van der Waals surface area contributed by atoms with E-state index in [2.05, 4.69) is 0 Å². The van der Waals surface area contributed by atoms with Crippen LogP contribution in [-0.2, 0) is 9.84 Å². The number of hydrogen-bond acceptors (Lipinski definition) is 4. The van der Waals surface area contributed by atoms with E-state index >= 15 is 0 Å². The van der Waals surface area contributed by atoms with Crippen LogP contribution in [-0.4, -0.2) is 49.3 Å². The highest BCUT2D eigenvalue weighted by Crippen LogP contribution is 2.21. The predicted octanol–water partition coefficient (Wildman–Crippen LogP) is 1.08. The highest BCUT2D eigenvalue weighted by atomic mass is 32.2. The third-order valence-corrected chi connectivity index (χ3v) is 5.37. The average molecular weight is 297 g/mol. The SMILES string of the molecule is CCS(=O)(=O)c1ccccc1C(=O)N1CCC(O)CC1. The zero-order chi connectivity index (χ0) is 14.8. The summed E-state index contributed by atoms with van der Waals surface area (Å²) in [4.78, 5) is 14.2. The van der Waals surface area contributed by atoms with Crippen molar-refractivity contribution in [3.8, 4) is 0 Å². The zero-order valence-electron chi connectivity index (χ0n) is 11.4. The van der Waals surface area contributed by atoms with Gasteiger partial charge in [-0.1, -0.05) is 19.1 Å². The van der Waals surface area contributed by atoms with Gasteiger partial charge in [0.25, 0.3) is 5.91 Å². The summed E-state index contributed by atoms with van der Waals surface area (Å²) in [7, 11) is -3.42. The predicted molar refractivity (Wildman–Crippen MR) is 75.3 cm³/mol. The Balaban J connectivity index is 2.31. The van der Waals surface area contributed by atoms with Crippen LogP contribution >= 0.6 is 0 Å². The first kappa shape index (κ1) is 15.0. The summed E-state index contributed by atoms with van der Waals surface area (Å²) in [6.45, 7) is 2.48. The maximum Gasteiger partial charge on any atom is 0.255 e. The van der Waals surface area contributed by atoms with E-state index in [1.807, 2.05) is 0 Å². The number of benzene rings is 1. The fraction of sp³-hybridized carbons (Fsp3) is 0.500. The van der Waals surface area contributed by atoms with Crippen LogP contribution in [0.5, 0.6) is 0 Å². The molecule has 0 aromatic heterocycles. The molecule has 20 heavy (non-hydrogen) atoms. The lowest BCUT2D eigenvalue weighted by Gasteiger charge is -2.30. The molecule has 1 aliphatic heterocycles. The molecule has 0 unspecified atom stereocenters. The van der Waals surface area contributed by atoms with Crippen molar-refractivity contribution in [1.29, 1.82) is 0 Å². The Kier molecular flexibility index (Phi) is 4.45. The van der Waals surface area contributed by atoms with Crippen LogP contribution in [0, 0.1) is 0 Å². The molecule has 1 fully saturated rings. The molecule has 110 valence electrons. The second-order valence-corrected chi connectivity index (χ2v) is 7.17. The third-order valence-electron chi connectivity index (χ3n) is 3.58. The number of sulfone groups is 1. The van der Waals surface area contributed by atoms with Crippen molar-refractivity contribution in [3.63, 3.8) is 0 Å². The molecule has 2 rings (SSSR count). The minimum Gasteiger partial charge on any atom is -0.393 e. The van der Waals surface area contributed by atoms with E-state index in [4.69, 9.17) is 0 Å². The molecule has 1 amide bonds. The molecule has 1 saturated heterocycles. The normalized spacial score (nSPS) is 17.2. The van der Waals surface area contributed by atoms with Crippen LogP contribution in [0.25, 0.3) is 0 Å². The molecule has 1 aromatic rings. The fourth-order valence-electron chi connectivity index (χ4n) is 2.31. The van der Waals surface area contributed by atoms with Gasteiger partial charge in [-0.05, 0) is 25.0 Å². The van der Waals surface area contributed by atoms with Crippen molar-refractivity contribution >= 4 is 15.7 Å². The number of amides is 1. The monoisotopic (exact) mass is 297 g/mol. The lowest BCUT2D eigenvalue weighted by Crippen LogP contribution is -2.40. The highest BCUT2D eigenvalue weighted by Gasteiger charge is 2.26. The van der Waals surface area contributed by atoms with Gasteiger partial charge in [-0.25, -0.2) is 8.42 Å². The second kappa shape index (κ2) is 5.93. The Bertz CT molecular complexity index is 589. The van der Waals surface area contributed by atoms with Gasteiger partial charge < -0.3 is 10.0 Å². The van der Waals surface area contributed by atoms with Gasteiger partial charge in [-0.2, -0.15) is 0 Å². The number of aliphatic hydroxyl groups is 1. The summed E-state index contributed by atoms with van der Waals surface area (Å²) in [5.74, 6) is -0.305. The first-order valence-electron chi connectivity index (χ1n) is 6.75. The largest absolute Gasteiger partial charge is 0.393 e. The maximum absolute atomic E-state index is 12.5. The van der Waals surface area contributed by atoms with Crippen molar-refractivity contribution in [2.75, 3.05) is 18.8 Å². The molecule has 0 atom stereocenters. The van der Waals surface area contributed by atoms with Gasteiger partial charge in [0.05, 0.1) is 22.3 Å². The summed E-state index contributed by atoms with van der Waals surface area (Å²) in [6, 6.07) is 6.32. The standard InChI is InChI=1S/C14H19NO4S/c1-2-20(18,19)13-6-4-3-5-12(13)14(17)15-9-7-11(16)8-10-15/h3-6,11,16H,2,7-10H2,1H3. The van der Waals surface area contributed by atoms with Crippen LogP contribution < -0.4 is 0 Å². The Morgan fingerprint density at radius 1 is 1.30 bits per heavy atom. The van der Waals surface area contributed by atoms with E-state index < -0.39 is 9.84 Å². The van der Waals surface area contributed by atoms with Crippen LogP contribution in [0.4, 0.5) is 0 Å². The maximum atomic E-state index is 12.5. The molecule has 0 spiro atoms. The number of carbonyl (C=O) groups is 1. The smallest absolute Gasteiger partial charge is 0.255 e. The molecule has 0 radical (unpaired) electrons. The van der Waals surface area contributed by atoms with Gasteiger partial charge in [0, 0.05) is 13.1 Å². The summed E-state index contributed by atoms with van der Waals surface area (Å²) >= 11 is 0. The van der Waals surface area contributed by atoms with Crippen molar-refractivity contribution in [1.82, 2.24) is 4.90 Å². The third kappa shape index (κ3) is 3.02. The summed E-state index contributed by atoms with van der Waals surface area (Å²) in [5, 5.41) is 9.47. The molecular formula is C14H19NO4S. The van der Waals surface area contributed by atoms with Gasteiger partial charge in [0.1, 0.15) is 0 Å². The van der Waals surface area contributed by atoms with Crippen molar-refractivity contribution < 1.29 is 18.3 Å². The van der Waals surface area contributed by atoms with Crippen LogP contribution in [0.1, 0.15) is 30.1 Å². The van der Waals surface area contributed by atoms with E-state index in [9.17, 15) is 18.3 Å². The Hall–Kier alpha value is -1.40. The Morgan fingerprint density at radius 3 is 2.50 bits per heavy atom. The Morgan fingerprint density at radius 2 is 1.90 bits per heavy atom. The molecule has 1 N–H and O–H groups in total. The average Bonchev–Trinajstić information content (AvgIpc) is 2.47. The minimum atomic E-state index is -3.42. The van der Waals surface area contributed by atoms with Crippen LogP contribution in [0.3, 0.4) is 0 Å². The van der Waals surface area contributed by atoms with Crippen molar-refractivity contribution in [2.24, 2.45) is 0 Å². The molecule has 1 aromatic carbocycles. The fourth-order valence-corrected chi connectivity index (χ4v) is 3.40. The minimum absolute atomic E-state index is 0.0317. The summed E-state index contributed by atoms with van der Waals surface area (Å²) in [5.41, 5.74) is 0.228. The zero-order valence-corrected chi connectivity index (χ0v) is 12.3. The van der Waals surface area contributed by atoms with Gasteiger partial charge in [0.2, 0.25) is 0 Å². The molecule has 1 heterocycles. The summed E-state index contributed by atoms with van der Waals surface area (Å²) in [6.07, 6.45) is 0.705. The van der Waals surface area contributed by atoms with E-state index in [0.29, 0.717) is 25.9 Å². The van der Waals surface area contributed by atoms with E-state index in [1.54, 1.807) is 30.0 Å². The second-order valence-electron chi connectivity index (χ2n) is 4.92. The summed E-state index contributed by atoms with van der Waals surface area (Å²) < 4.78 is 24.1. The van der Waals surface area contributed by atoms with Crippen LogP contribution in [0.15, 0.2) is 29.2 Å². The number of hydrogen-bond donors (Lipinski definition) is 1. The van der Waals surface area contributed by atoms with Crippen molar-refractivity contribution in [3.05, 3.63) is 29.8 Å². The van der Waals surface area contributed by atoms with Gasteiger partial charge in [-0.15, -0.1) is 0 Å². The van der Waals surface area contributed by atoms with Crippen molar-refractivity contribution in [2.45, 2.75) is 30.8 Å². The number of carbonyl (C=O) groups excluding carboxylic acids is 1. The van der Waals surface area contributed by atoms with Crippen LogP contribution in [0.2, 0.25) is 0 Å². The Labute approximate surface area is 119 Å². The number of nitrogens with zero attached hydrogens (tertiary/aromatic N) is 1. The number of piperidine rings is 1. The first-order valence-corrected chi connectivity index (χ1v) is 8.40. The lowest BCUT2D eigenvalue weighted by molar-refractivity contribution is 0.0543. The topological polar surface area (TPSA) is 74.7 Å². The van der Waals surface area contributed by atoms with Gasteiger partial charge >= 0.3 is 0 Å².